The highest BCUT2D eigenvalue weighted by Gasteiger charge is 2.15. The highest BCUT2D eigenvalue weighted by atomic mass is 16.2. The molecule has 0 saturated heterocycles. The van der Waals surface area contributed by atoms with Gasteiger partial charge >= 0.3 is 0 Å². The van der Waals surface area contributed by atoms with Crippen molar-refractivity contribution in [3.63, 3.8) is 0 Å². The third kappa shape index (κ3) is 6.94. The molecule has 0 aliphatic carbocycles. The van der Waals surface area contributed by atoms with E-state index in [2.05, 4.69) is 17.6 Å². The maximum Gasteiger partial charge on any atom is 0.255 e. The Kier molecular flexibility index (Phi) is 8.64. The van der Waals surface area contributed by atoms with Crippen LogP contribution in [-0.4, -0.2) is 25.9 Å². The SMILES string of the molecule is CCCCCc1ccc(C(=O)Nc2ccc(N(C)C)c(C(=O)NCc3ccccc3)c2)cc1. The highest BCUT2D eigenvalue weighted by Crippen LogP contribution is 2.24. The second-order valence-electron chi connectivity index (χ2n) is 8.40. The van der Waals surface area contributed by atoms with E-state index in [4.69, 9.17) is 0 Å². The molecule has 0 aliphatic rings. The molecule has 0 aromatic heterocycles. The molecule has 0 spiro atoms. The van der Waals surface area contributed by atoms with Gasteiger partial charge in [-0.05, 0) is 54.3 Å². The van der Waals surface area contributed by atoms with Crippen LogP contribution < -0.4 is 15.5 Å². The summed E-state index contributed by atoms with van der Waals surface area (Å²) in [5.74, 6) is -0.376. The molecule has 5 nitrogen and oxygen atoms in total. The van der Waals surface area contributed by atoms with Crippen molar-refractivity contribution in [2.24, 2.45) is 0 Å². The van der Waals surface area contributed by atoms with E-state index in [9.17, 15) is 9.59 Å². The van der Waals surface area contributed by atoms with Gasteiger partial charge in [-0.3, -0.25) is 9.59 Å². The minimum absolute atomic E-state index is 0.185. The first-order valence-electron chi connectivity index (χ1n) is 11.5. The van der Waals surface area contributed by atoms with E-state index in [0.717, 1.165) is 24.1 Å². The number of carbonyl (C=O) groups excluding carboxylic acids is 2. The number of rotatable bonds is 10. The summed E-state index contributed by atoms with van der Waals surface area (Å²) in [6.45, 7) is 2.63. The van der Waals surface area contributed by atoms with Gasteiger partial charge in [0.05, 0.1) is 5.56 Å². The molecular formula is C28H33N3O2. The summed E-state index contributed by atoms with van der Waals surface area (Å²) >= 11 is 0. The van der Waals surface area contributed by atoms with Crippen molar-refractivity contribution in [2.75, 3.05) is 24.3 Å². The van der Waals surface area contributed by atoms with E-state index in [1.807, 2.05) is 85.7 Å². The molecule has 5 heteroatoms. The Morgan fingerprint density at radius 3 is 2.21 bits per heavy atom. The minimum atomic E-state index is -0.191. The Morgan fingerprint density at radius 1 is 0.818 bits per heavy atom. The fourth-order valence-electron chi connectivity index (χ4n) is 3.66. The number of carbonyl (C=O) groups is 2. The highest BCUT2D eigenvalue weighted by molar-refractivity contribution is 6.06. The molecule has 172 valence electrons. The number of benzene rings is 3. The molecule has 0 atom stereocenters. The first-order chi connectivity index (χ1) is 16.0. The summed E-state index contributed by atoms with van der Waals surface area (Å²) < 4.78 is 0. The lowest BCUT2D eigenvalue weighted by Crippen LogP contribution is -2.25. The summed E-state index contributed by atoms with van der Waals surface area (Å²) in [5, 5.41) is 5.90. The number of aryl methyl sites for hydroxylation is 1. The van der Waals surface area contributed by atoms with E-state index in [1.54, 1.807) is 6.07 Å². The van der Waals surface area contributed by atoms with Crippen molar-refractivity contribution in [1.82, 2.24) is 5.32 Å². The maximum atomic E-state index is 12.9. The van der Waals surface area contributed by atoms with Crippen LogP contribution in [0.25, 0.3) is 0 Å². The lowest BCUT2D eigenvalue weighted by molar-refractivity contribution is 0.0950. The van der Waals surface area contributed by atoms with Crippen molar-refractivity contribution >= 4 is 23.2 Å². The molecule has 0 unspecified atom stereocenters. The molecule has 3 aromatic rings. The third-order valence-corrected chi connectivity index (χ3v) is 5.56. The summed E-state index contributed by atoms with van der Waals surface area (Å²) in [4.78, 5) is 27.6. The molecular weight excluding hydrogens is 410 g/mol. The predicted molar refractivity (Wildman–Crippen MR) is 136 cm³/mol. The Balaban J connectivity index is 1.70. The van der Waals surface area contributed by atoms with Gasteiger partial charge in [-0.25, -0.2) is 0 Å². The maximum absolute atomic E-state index is 12.9. The van der Waals surface area contributed by atoms with Gasteiger partial charge in [0.2, 0.25) is 0 Å². The van der Waals surface area contributed by atoms with Crippen LogP contribution in [0.15, 0.2) is 72.8 Å². The molecule has 0 aliphatic heterocycles. The van der Waals surface area contributed by atoms with Gasteiger partial charge in [-0.1, -0.05) is 62.2 Å². The summed E-state index contributed by atoms with van der Waals surface area (Å²) in [6.07, 6.45) is 4.60. The second kappa shape index (κ2) is 11.9. The summed E-state index contributed by atoms with van der Waals surface area (Å²) in [7, 11) is 3.78. The molecule has 33 heavy (non-hydrogen) atoms. The number of nitrogens with one attached hydrogen (secondary N) is 2. The normalized spacial score (nSPS) is 10.5. The standard InChI is InChI=1S/C28H33N3O2/c1-4-5-7-10-21-13-15-23(16-14-21)27(32)30-24-17-18-26(31(2)3)25(19-24)28(33)29-20-22-11-8-6-9-12-22/h6,8-9,11-19H,4-5,7,10,20H2,1-3H3,(H,29,33)(H,30,32). The van der Waals surface area contributed by atoms with Gasteiger partial charge in [-0.15, -0.1) is 0 Å². The topological polar surface area (TPSA) is 61.4 Å². The average Bonchev–Trinajstić information content (AvgIpc) is 2.83. The van der Waals surface area contributed by atoms with E-state index in [0.29, 0.717) is 23.4 Å². The summed E-state index contributed by atoms with van der Waals surface area (Å²) in [5.41, 5.74) is 4.76. The molecule has 3 aromatic carbocycles. The Labute approximate surface area is 196 Å². The van der Waals surface area contributed by atoms with Gasteiger partial charge in [-0.2, -0.15) is 0 Å². The summed E-state index contributed by atoms with van der Waals surface area (Å²) in [6, 6.07) is 22.9. The number of amides is 2. The van der Waals surface area contributed by atoms with Crippen LogP contribution in [0.3, 0.4) is 0 Å². The average molecular weight is 444 g/mol. The quantitative estimate of drug-likeness (QED) is 0.397. The van der Waals surface area contributed by atoms with Crippen LogP contribution in [0.1, 0.15) is 58.0 Å². The number of hydrogen-bond acceptors (Lipinski definition) is 3. The lowest BCUT2D eigenvalue weighted by Gasteiger charge is -2.18. The zero-order valence-corrected chi connectivity index (χ0v) is 19.7. The predicted octanol–water partition coefficient (Wildman–Crippen LogP) is 5.67. The molecule has 2 amide bonds. The number of anilines is 2. The fourth-order valence-corrected chi connectivity index (χ4v) is 3.66. The Morgan fingerprint density at radius 2 is 1.55 bits per heavy atom. The van der Waals surface area contributed by atoms with Crippen molar-refractivity contribution in [3.05, 3.63) is 95.1 Å². The monoisotopic (exact) mass is 443 g/mol. The number of unbranched alkanes of at least 4 members (excludes halogenated alkanes) is 2. The smallest absolute Gasteiger partial charge is 0.255 e. The van der Waals surface area contributed by atoms with Crippen LogP contribution in [-0.2, 0) is 13.0 Å². The van der Waals surface area contributed by atoms with Gasteiger partial charge in [0.1, 0.15) is 0 Å². The molecule has 0 radical (unpaired) electrons. The van der Waals surface area contributed by atoms with E-state index in [1.165, 1.54) is 18.4 Å². The van der Waals surface area contributed by atoms with Gasteiger partial charge < -0.3 is 15.5 Å². The van der Waals surface area contributed by atoms with Crippen LogP contribution in [0.2, 0.25) is 0 Å². The van der Waals surface area contributed by atoms with Crippen LogP contribution in [0.4, 0.5) is 11.4 Å². The lowest BCUT2D eigenvalue weighted by atomic mass is 10.0. The van der Waals surface area contributed by atoms with Gasteiger partial charge in [0.25, 0.3) is 11.8 Å². The van der Waals surface area contributed by atoms with Crippen molar-refractivity contribution in [1.29, 1.82) is 0 Å². The first kappa shape index (κ1) is 24.1. The van der Waals surface area contributed by atoms with Crippen LogP contribution in [0.5, 0.6) is 0 Å². The third-order valence-electron chi connectivity index (χ3n) is 5.56. The molecule has 0 fully saturated rings. The van der Waals surface area contributed by atoms with E-state index in [-0.39, 0.29) is 11.8 Å². The number of hydrogen-bond donors (Lipinski definition) is 2. The molecule has 0 heterocycles. The second-order valence-corrected chi connectivity index (χ2v) is 8.40. The van der Waals surface area contributed by atoms with Crippen LogP contribution >= 0.6 is 0 Å². The fraction of sp³-hybridized carbons (Fsp3) is 0.286. The Bertz CT molecular complexity index is 1060. The molecule has 0 saturated carbocycles. The van der Waals surface area contributed by atoms with Gasteiger partial charge in [0, 0.05) is 37.6 Å². The van der Waals surface area contributed by atoms with Crippen LogP contribution in [0, 0.1) is 0 Å². The van der Waals surface area contributed by atoms with Crippen molar-refractivity contribution in [3.8, 4) is 0 Å². The largest absolute Gasteiger partial charge is 0.377 e. The van der Waals surface area contributed by atoms with E-state index < -0.39 is 0 Å². The zero-order chi connectivity index (χ0) is 23.6. The zero-order valence-electron chi connectivity index (χ0n) is 19.7. The van der Waals surface area contributed by atoms with Crippen molar-refractivity contribution in [2.45, 2.75) is 39.2 Å². The number of nitrogens with zero attached hydrogens (tertiary/aromatic N) is 1. The first-order valence-corrected chi connectivity index (χ1v) is 11.5. The van der Waals surface area contributed by atoms with E-state index >= 15 is 0 Å². The van der Waals surface area contributed by atoms with Gasteiger partial charge in [0.15, 0.2) is 0 Å². The molecule has 0 bridgehead atoms. The molecule has 2 N–H and O–H groups in total. The van der Waals surface area contributed by atoms with Crippen molar-refractivity contribution < 1.29 is 9.59 Å². The molecule has 3 rings (SSSR count). The minimum Gasteiger partial charge on any atom is -0.377 e. The Hall–Kier alpha value is -3.60.